The van der Waals surface area contributed by atoms with Crippen molar-refractivity contribution in [3.8, 4) is 11.5 Å². The zero-order valence-electron chi connectivity index (χ0n) is 13.3. The van der Waals surface area contributed by atoms with Crippen LogP contribution in [0.1, 0.15) is 18.4 Å². The van der Waals surface area contributed by atoms with Crippen LogP contribution in [0.25, 0.3) is 6.08 Å². The summed E-state index contributed by atoms with van der Waals surface area (Å²) < 4.78 is 10.4. The van der Waals surface area contributed by atoms with Gasteiger partial charge in [-0.05, 0) is 36.4 Å². The number of hydrogen-bond donors (Lipinski definition) is 1. The van der Waals surface area contributed by atoms with Crippen LogP contribution in [0.15, 0.2) is 23.1 Å². The third kappa shape index (κ3) is 4.08. The summed E-state index contributed by atoms with van der Waals surface area (Å²) in [7, 11) is 3.04. The van der Waals surface area contributed by atoms with E-state index in [1.165, 1.54) is 14.2 Å². The Morgan fingerprint density at radius 2 is 2.04 bits per heavy atom. The van der Waals surface area contributed by atoms with Gasteiger partial charge in [-0.2, -0.15) is 0 Å². The number of carboxylic acid groups (broad SMARTS) is 1. The zero-order chi connectivity index (χ0) is 17.7. The molecule has 0 bridgehead atoms. The second-order valence-corrected chi connectivity index (χ2v) is 5.93. The Balaban J connectivity index is 2.18. The van der Waals surface area contributed by atoms with Gasteiger partial charge >= 0.3 is 5.97 Å². The van der Waals surface area contributed by atoms with E-state index in [9.17, 15) is 14.4 Å². The molecule has 1 fully saturated rings. The molecule has 7 nitrogen and oxygen atoms in total. The largest absolute Gasteiger partial charge is 0.497 e. The normalized spacial score (nSPS) is 15.9. The summed E-state index contributed by atoms with van der Waals surface area (Å²) in [5.74, 6) is -0.244. The minimum atomic E-state index is -0.958. The van der Waals surface area contributed by atoms with E-state index in [1.807, 2.05) is 0 Å². The van der Waals surface area contributed by atoms with Crippen LogP contribution >= 0.6 is 11.8 Å². The van der Waals surface area contributed by atoms with E-state index in [0.717, 1.165) is 16.7 Å². The molecule has 0 radical (unpaired) electrons. The molecule has 1 aliphatic rings. The van der Waals surface area contributed by atoms with Crippen molar-refractivity contribution in [3.63, 3.8) is 0 Å². The number of carboxylic acids is 1. The number of methoxy groups -OCH3 is 2. The number of ether oxygens (including phenoxy) is 2. The fourth-order valence-corrected chi connectivity index (χ4v) is 3.02. The zero-order valence-corrected chi connectivity index (χ0v) is 14.1. The van der Waals surface area contributed by atoms with Gasteiger partial charge in [-0.3, -0.25) is 19.3 Å². The van der Waals surface area contributed by atoms with E-state index in [0.29, 0.717) is 17.1 Å². The summed E-state index contributed by atoms with van der Waals surface area (Å²) in [6.07, 6.45) is 1.72. The van der Waals surface area contributed by atoms with E-state index < -0.39 is 17.1 Å². The maximum absolute atomic E-state index is 12.3. The molecule has 8 heteroatoms. The van der Waals surface area contributed by atoms with Gasteiger partial charge in [0.2, 0.25) is 0 Å². The highest BCUT2D eigenvalue weighted by Gasteiger charge is 2.34. The molecular weight excluding hydrogens is 334 g/mol. The molecule has 24 heavy (non-hydrogen) atoms. The molecule has 0 unspecified atom stereocenters. The number of hydrogen-bond acceptors (Lipinski definition) is 6. The van der Waals surface area contributed by atoms with E-state index in [1.54, 1.807) is 24.3 Å². The van der Waals surface area contributed by atoms with Crippen LogP contribution in [-0.2, 0) is 9.59 Å². The van der Waals surface area contributed by atoms with E-state index >= 15 is 0 Å². The number of aliphatic carboxylic acids is 1. The molecule has 1 saturated heterocycles. The molecule has 128 valence electrons. The van der Waals surface area contributed by atoms with E-state index in [4.69, 9.17) is 14.6 Å². The molecule has 1 aromatic carbocycles. The molecule has 1 aliphatic heterocycles. The van der Waals surface area contributed by atoms with Gasteiger partial charge < -0.3 is 14.6 Å². The number of nitrogens with zero attached hydrogens (tertiary/aromatic N) is 1. The Hall–Kier alpha value is -2.48. The van der Waals surface area contributed by atoms with E-state index in [2.05, 4.69) is 0 Å². The van der Waals surface area contributed by atoms with Gasteiger partial charge in [0.05, 0.1) is 19.1 Å². The first-order valence-electron chi connectivity index (χ1n) is 7.15. The Bertz CT molecular complexity index is 700. The van der Waals surface area contributed by atoms with Crippen molar-refractivity contribution < 1.29 is 29.0 Å². The number of amides is 2. The van der Waals surface area contributed by atoms with Gasteiger partial charge in [-0.15, -0.1) is 0 Å². The number of carbonyl (C=O) groups is 3. The Kier molecular flexibility index (Phi) is 5.86. The molecule has 1 N–H and O–H groups in total. The van der Waals surface area contributed by atoms with E-state index in [-0.39, 0.29) is 24.3 Å². The van der Waals surface area contributed by atoms with Gasteiger partial charge in [0.25, 0.3) is 11.1 Å². The predicted molar refractivity (Wildman–Crippen MR) is 89.1 cm³/mol. The lowest BCUT2D eigenvalue weighted by Crippen LogP contribution is -2.29. The Labute approximate surface area is 143 Å². The lowest BCUT2D eigenvalue weighted by atomic mass is 10.1. The van der Waals surface area contributed by atoms with Crippen LogP contribution in [-0.4, -0.2) is 47.9 Å². The summed E-state index contributed by atoms with van der Waals surface area (Å²) in [4.78, 5) is 36.1. The fourth-order valence-electron chi connectivity index (χ4n) is 2.16. The number of thioether (sulfide) groups is 1. The van der Waals surface area contributed by atoms with Gasteiger partial charge in [0, 0.05) is 24.6 Å². The second kappa shape index (κ2) is 7.87. The summed E-state index contributed by atoms with van der Waals surface area (Å²) in [6, 6.07) is 5.14. The van der Waals surface area contributed by atoms with Crippen molar-refractivity contribution in [2.75, 3.05) is 20.8 Å². The van der Waals surface area contributed by atoms with Crippen molar-refractivity contribution in [1.29, 1.82) is 0 Å². The molecule has 0 aromatic heterocycles. The minimum Gasteiger partial charge on any atom is -0.497 e. The Morgan fingerprint density at radius 1 is 1.29 bits per heavy atom. The molecule has 0 spiro atoms. The summed E-state index contributed by atoms with van der Waals surface area (Å²) in [5.41, 5.74) is 0.648. The summed E-state index contributed by atoms with van der Waals surface area (Å²) in [5, 5.41) is 8.24. The van der Waals surface area contributed by atoms with Crippen LogP contribution in [0.3, 0.4) is 0 Å². The van der Waals surface area contributed by atoms with Gasteiger partial charge in [-0.1, -0.05) is 0 Å². The molecule has 2 rings (SSSR count). The molecule has 1 heterocycles. The minimum absolute atomic E-state index is 0.0902. The lowest BCUT2D eigenvalue weighted by molar-refractivity contribution is -0.137. The lowest BCUT2D eigenvalue weighted by Gasteiger charge is -2.11. The van der Waals surface area contributed by atoms with Crippen molar-refractivity contribution in [1.82, 2.24) is 4.90 Å². The smallest absolute Gasteiger partial charge is 0.303 e. The number of imide groups is 1. The average molecular weight is 351 g/mol. The summed E-state index contributed by atoms with van der Waals surface area (Å²) >= 11 is 0.829. The van der Waals surface area contributed by atoms with Gasteiger partial charge in [0.1, 0.15) is 11.5 Å². The van der Waals surface area contributed by atoms with Crippen molar-refractivity contribution in [2.45, 2.75) is 12.8 Å². The molecule has 0 aliphatic carbocycles. The van der Waals surface area contributed by atoms with Crippen LogP contribution in [0.2, 0.25) is 0 Å². The SMILES string of the molecule is COc1ccc(C=C2SC(=O)N(CCCC(=O)O)C2=O)c(OC)c1. The van der Waals surface area contributed by atoms with Crippen LogP contribution in [0.4, 0.5) is 4.79 Å². The molecule has 0 atom stereocenters. The molecule has 2 amide bonds. The van der Waals surface area contributed by atoms with Crippen molar-refractivity contribution >= 4 is 35.0 Å². The maximum Gasteiger partial charge on any atom is 0.303 e. The van der Waals surface area contributed by atoms with Crippen molar-refractivity contribution in [2.24, 2.45) is 0 Å². The first-order chi connectivity index (χ1) is 11.5. The number of benzene rings is 1. The monoisotopic (exact) mass is 351 g/mol. The van der Waals surface area contributed by atoms with Crippen molar-refractivity contribution in [3.05, 3.63) is 28.7 Å². The highest BCUT2D eigenvalue weighted by molar-refractivity contribution is 8.18. The quantitative estimate of drug-likeness (QED) is 0.755. The number of rotatable bonds is 7. The van der Waals surface area contributed by atoms with Crippen LogP contribution in [0, 0.1) is 0 Å². The molecule has 1 aromatic rings. The Morgan fingerprint density at radius 3 is 2.67 bits per heavy atom. The predicted octanol–water partition coefficient (Wildman–Crippen LogP) is 2.60. The van der Waals surface area contributed by atoms with Gasteiger partial charge in [-0.25, -0.2) is 0 Å². The van der Waals surface area contributed by atoms with Gasteiger partial charge in [0.15, 0.2) is 0 Å². The highest BCUT2D eigenvalue weighted by atomic mass is 32.2. The summed E-state index contributed by atoms with van der Waals surface area (Å²) in [6.45, 7) is 0.0913. The average Bonchev–Trinajstić information content (AvgIpc) is 2.82. The highest BCUT2D eigenvalue weighted by Crippen LogP contribution is 2.35. The second-order valence-electron chi connectivity index (χ2n) is 4.94. The number of carbonyl (C=O) groups excluding carboxylic acids is 2. The fraction of sp³-hybridized carbons (Fsp3) is 0.312. The topological polar surface area (TPSA) is 93.1 Å². The molecular formula is C16H17NO6S. The molecule has 0 saturated carbocycles. The first-order valence-corrected chi connectivity index (χ1v) is 7.97. The third-order valence-electron chi connectivity index (χ3n) is 3.37. The van der Waals surface area contributed by atoms with Crippen LogP contribution < -0.4 is 9.47 Å². The maximum atomic E-state index is 12.3. The standard InChI is InChI=1S/C16H17NO6S/c1-22-11-6-5-10(12(9-11)23-2)8-13-15(20)17(16(21)24-13)7-3-4-14(18)19/h5-6,8-9H,3-4,7H2,1-2H3,(H,18,19). The van der Waals surface area contributed by atoms with Crippen LogP contribution in [0.5, 0.6) is 11.5 Å². The third-order valence-corrected chi connectivity index (χ3v) is 4.28. The first kappa shape index (κ1) is 17.9.